The molecule has 0 aromatic rings. The number of nitrogens with zero attached hydrogens (tertiary/aromatic N) is 1. The molecular weight excluding hydrogens is 352 g/mol. The van der Waals surface area contributed by atoms with E-state index in [4.69, 9.17) is 5.11 Å². The van der Waals surface area contributed by atoms with Gasteiger partial charge in [0.15, 0.2) is 6.04 Å². The number of methoxy groups -OCH3 is 1. The normalized spacial score (nSPS) is 22.4. The molecule has 2 atom stereocenters. The average Bonchev–Trinajstić information content (AvgIpc) is 2.40. The minimum absolute atomic E-state index is 0.0424. The van der Waals surface area contributed by atoms with Gasteiger partial charge in [-0.15, -0.1) is 0 Å². The van der Waals surface area contributed by atoms with Gasteiger partial charge in [-0.1, -0.05) is 33.9 Å². The van der Waals surface area contributed by atoms with Gasteiger partial charge in [0.25, 0.3) is 0 Å². The van der Waals surface area contributed by atoms with Crippen LogP contribution in [0.3, 0.4) is 0 Å². The summed E-state index contributed by atoms with van der Waals surface area (Å²) in [5, 5.41) is 11.3. The Kier molecular flexibility index (Phi) is 6.24. The van der Waals surface area contributed by atoms with Crippen LogP contribution in [0.4, 0.5) is 0 Å². The highest BCUT2D eigenvalue weighted by Crippen LogP contribution is 2.44. The number of nitrogens with one attached hydrogen (secondary N) is 1. The van der Waals surface area contributed by atoms with Crippen LogP contribution in [0.5, 0.6) is 0 Å². The van der Waals surface area contributed by atoms with E-state index >= 15 is 0 Å². The number of ether oxygens (including phenoxy) is 1. The number of carbonyl (C=O) groups is 2. The van der Waals surface area contributed by atoms with Gasteiger partial charge < -0.3 is 15.2 Å². The number of esters is 1. The largest absolute Gasteiger partial charge is 0.467 e. The van der Waals surface area contributed by atoms with Crippen LogP contribution in [0.1, 0.15) is 27.2 Å². The van der Waals surface area contributed by atoms with Crippen molar-refractivity contribution in [3.63, 3.8) is 0 Å². The first kappa shape index (κ1) is 21.1. The van der Waals surface area contributed by atoms with Crippen LogP contribution in [-0.2, 0) is 24.3 Å². The van der Waals surface area contributed by atoms with Crippen LogP contribution in [0.25, 0.3) is 0 Å². The standard InChI is InChI=1S/C14H28N2O6SSi/c1-14(2,3)24(5,6)16-10(9-23(16,20)21)7-12(18)15-11(8-17)13(19)22-4/h10-11,17H,7-9H2,1-6H3,(H,15,18)/t10?,11-/m0/s1. The minimum Gasteiger partial charge on any atom is -0.467 e. The van der Waals surface area contributed by atoms with E-state index in [1.54, 1.807) is 0 Å². The van der Waals surface area contributed by atoms with E-state index in [9.17, 15) is 18.0 Å². The monoisotopic (exact) mass is 380 g/mol. The summed E-state index contributed by atoms with van der Waals surface area (Å²) in [6.07, 6.45) is -0.0424. The topological polar surface area (TPSA) is 113 Å². The van der Waals surface area contributed by atoms with Gasteiger partial charge in [0, 0.05) is 12.5 Å². The molecule has 0 bridgehead atoms. The highest BCUT2D eigenvalue weighted by Gasteiger charge is 2.56. The van der Waals surface area contributed by atoms with E-state index in [-0.39, 0.29) is 17.2 Å². The van der Waals surface area contributed by atoms with Crippen LogP contribution in [0, 0.1) is 0 Å². The van der Waals surface area contributed by atoms with Crippen molar-refractivity contribution in [2.45, 2.75) is 57.4 Å². The zero-order valence-corrected chi connectivity index (χ0v) is 16.9. The van der Waals surface area contributed by atoms with Crippen molar-refractivity contribution in [3.8, 4) is 0 Å². The average molecular weight is 381 g/mol. The van der Waals surface area contributed by atoms with Gasteiger partial charge in [-0.3, -0.25) is 4.79 Å². The number of aliphatic hydroxyl groups excluding tert-OH is 1. The Hall–Kier alpha value is -0.973. The summed E-state index contributed by atoms with van der Waals surface area (Å²) in [7, 11) is -4.52. The maximum Gasteiger partial charge on any atom is 0.330 e. The fourth-order valence-electron chi connectivity index (χ4n) is 2.60. The fraction of sp³-hybridized carbons (Fsp3) is 0.857. The second-order valence-electron chi connectivity index (χ2n) is 7.57. The number of carbonyl (C=O) groups excluding carboxylic acids is 2. The Labute approximate surface area is 144 Å². The Bertz CT molecular complexity index is 599. The number of hydrogen-bond acceptors (Lipinski definition) is 6. The lowest BCUT2D eigenvalue weighted by Gasteiger charge is -2.53. The van der Waals surface area contributed by atoms with Gasteiger partial charge in [-0.25, -0.2) is 17.2 Å². The summed E-state index contributed by atoms with van der Waals surface area (Å²) in [4.78, 5) is 23.5. The maximum absolute atomic E-state index is 12.3. The lowest BCUT2D eigenvalue weighted by atomic mass is 10.2. The lowest BCUT2D eigenvalue weighted by Crippen LogP contribution is -2.70. The molecule has 0 saturated carbocycles. The van der Waals surface area contributed by atoms with Crippen LogP contribution in [-0.4, -0.2) is 69.2 Å². The van der Waals surface area contributed by atoms with E-state index in [1.807, 2.05) is 33.9 Å². The molecule has 2 N–H and O–H groups in total. The third kappa shape index (κ3) is 4.16. The first-order valence-electron chi connectivity index (χ1n) is 7.78. The maximum atomic E-state index is 12.3. The van der Waals surface area contributed by atoms with Crippen molar-refractivity contribution in [2.24, 2.45) is 0 Å². The van der Waals surface area contributed by atoms with E-state index in [0.29, 0.717) is 0 Å². The van der Waals surface area contributed by atoms with Gasteiger partial charge in [0.1, 0.15) is 8.24 Å². The van der Waals surface area contributed by atoms with E-state index in [2.05, 4.69) is 10.1 Å². The molecule has 1 rings (SSSR count). The predicted octanol–water partition coefficient (Wildman–Crippen LogP) is 0.0458. The van der Waals surface area contributed by atoms with Gasteiger partial charge in [-0.05, 0) is 5.04 Å². The molecule has 1 amide bonds. The SMILES string of the molecule is COC(=O)[C@H](CO)NC(=O)CC1CS(=O)(=O)N1[Si](C)(C)C(C)(C)C. The summed E-state index contributed by atoms with van der Waals surface area (Å²) in [6.45, 7) is 9.38. The smallest absolute Gasteiger partial charge is 0.330 e. The Balaban J connectivity index is 2.85. The highest BCUT2D eigenvalue weighted by molar-refractivity contribution is 7.91. The molecule has 0 radical (unpaired) electrons. The van der Waals surface area contributed by atoms with Gasteiger partial charge in [0.2, 0.25) is 15.9 Å². The van der Waals surface area contributed by atoms with E-state index in [0.717, 1.165) is 7.11 Å². The molecule has 0 spiro atoms. The highest BCUT2D eigenvalue weighted by atomic mass is 32.2. The lowest BCUT2D eigenvalue weighted by molar-refractivity contribution is -0.146. The molecule has 8 nitrogen and oxygen atoms in total. The molecule has 1 aliphatic heterocycles. The quantitative estimate of drug-likeness (QED) is 0.497. The Morgan fingerprint density at radius 1 is 1.38 bits per heavy atom. The van der Waals surface area contributed by atoms with E-state index in [1.165, 1.54) is 3.97 Å². The molecule has 0 aromatic heterocycles. The van der Waals surface area contributed by atoms with Crippen LogP contribution in [0.15, 0.2) is 0 Å². The van der Waals surface area contributed by atoms with Gasteiger partial charge >= 0.3 is 5.97 Å². The summed E-state index contributed by atoms with van der Waals surface area (Å²) in [5.41, 5.74) is 0. The molecule has 1 saturated heterocycles. The van der Waals surface area contributed by atoms with Crippen LogP contribution >= 0.6 is 0 Å². The fourth-order valence-corrected chi connectivity index (χ4v) is 9.57. The molecule has 1 fully saturated rings. The predicted molar refractivity (Wildman–Crippen MR) is 92.3 cm³/mol. The van der Waals surface area contributed by atoms with Crippen molar-refractivity contribution in [1.29, 1.82) is 0 Å². The van der Waals surface area contributed by atoms with Crippen LogP contribution < -0.4 is 5.32 Å². The van der Waals surface area contributed by atoms with Crippen LogP contribution in [0.2, 0.25) is 18.1 Å². The molecule has 1 heterocycles. The first-order chi connectivity index (χ1) is 10.8. The minimum atomic E-state index is -3.34. The van der Waals surface area contributed by atoms with Crippen molar-refractivity contribution >= 4 is 30.1 Å². The first-order valence-corrected chi connectivity index (χ1v) is 12.3. The Morgan fingerprint density at radius 2 is 1.92 bits per heavy atom. The molecule has 10 heteroatoms. The number of hydrogen-bond donors (Lipinski definition) is 2. The molecule has 140 valence electrons. The second kappa shape index (κ2) is 7.10. The molecular formula is C14H28N2O6SSi. The third-order valence-electron chi connectivity index (χ3n) is 4.85. The summed E-state index contributed by atoms with van der Waals surface area (Å²) < 4.78 is 30.5. The second-order valence-corrected chi connectivity index (χ2v) is 14.9. The summed E-state index contributed by atoms with van der Waals surface area (Å²) >= 11 is 0. The number of amides is 1. The third-order valence-corrected chi connectivity index (χ3v) is 13.9. The summed E-state index contributed by atoms with van der Waals surface area (Å²) in [5.74, 6) is -1.30. The number of aliphatic hydroxyl groups is 1. The Morgan fingerprint density at radius 3 is 2.29 bits per heavy atom. The molecule has 0 aromatic carbocycles. The summed E-state index contributed by atoms with van der Waals surface area (Å²) in [6, 6.07) is -1.55. The zero-order chi connectivity index (χ0) is 18.9. The van der Waals surface area contributed by atoms with E-state index < -0.39 is 48.8 Å². The number of rotatable bonds is 6. The molecule has 1 aliphatic rings. The van der Waals surface area contributed by atoms with Crippen molar-refractivity contribution < 1.29 is 27.9 Å². The van der Waals surface area contributed by atoms with Gasteiger partial charge in [-0.2, -0.15) is 0 Å². The van der Waals surface area contributed by atoms with Crippen molar-refractivity contribution in [2.75, 3.05) is 19.5 Å². The van der Waals surface area contributed by atoms with Crippen molar-refractivity contribution in [3.05, 3.63) is 0 Å². The molecule has 1 unspecified atom stereocenters. The zero-order valence-electron chi connectivity index (χ0n) is 15.1. The number of sulfonamides is 1. The molecule has 0 aliphatic carbocycles. The molecule has 24 heavy (non-hydrogen) atoms. The van der Waals surface area contributed by atoms with Gasteiger partial charge in [0.05, 0.1) is 19.5 Å². The van der Waals surface area contributed by atoms with Crippen molar-refractivity contribution in [1.82, 2.24) is 9.29 Å².